The molecule has 1 heterocycles. The molecule has 1 aromatic rings. The van der Waals surface area contributed by atoms with E-state index in [1.807, 2.05) is 50.1 Å². The number of ether oxygens (including phenoxy) is 2. The molecule has 0 atom stereocenters. The largest absolute Gasteiger partial charge is 0.454 e. The second-order valence-electron chi connectivity index (χ2n) is 4.72. The molecule has 0 bridgehead atoms. The summed E-state index contributed by atoms with van der Waals surface area (Å²) in [6.45, 7) is 0.877. The number of fused-ring (bicyclic) bond motifs is 1. The first kappa shape index (κ1) is 17.4. The molecule has 20 heavy (non-hydrogen) atoms. The van der Waals surface area contributed by atoms with Gasteiger partial charge in [0.1, 0.15) is 0 Å². The zero-order chi connectivity index (χ0) is 14.0. The first-order valence-electron chi connectivity index (χ1n) is 5.96. The number of guanidine groups is 1. The number of hydrogen-bond donors (Lipinski definition) is 0. The van der Waals surface area contributed by atoms with E-state index < -0.39 is 0 Å². The number of aliphatic imine (C=N–C) groups is 1. The average Bonchev–Trinajstić information content (AvgIpc) is 2.76. The fourth-order valence-corrected chi connectivity index (χ4v) is 2.56. The lowest BCUT2D eigenvalue weighted by Crippen LogP contribution is -2.35. The highest BCUT2D eigenvalue weighted by Crippen LogP contribution is 2.40. The fraction of sp³-hybridized carbons (Fsp3) is 0.462. The van der Waals surface area contributed by atoms with Crippen molar-refractivity contribution in [1.29, 1.82) is 0 Å². The van der Waals surface area contributed by atoms with Gasteiger partial charge in [0.2, 0.25) is 6.79 Å². The number of nitrogens with zero attached hydrogens (tertiary/aromatic N) is 3. The fourth-order valence-electron chi connectivity index (χ4n) is 1.96. The highest BCUT2D eigenvalue weighted by molar-refractivity contribution is 14.0. The normalized spacial score (nSPS) is 11.7. The van der Waals surface area contributed by atoms with Gasteiger partial charge in [0.05, 0.1) is 11.0 Å². The number of rotatable bonds is 2. The lowest BCUT2D eigenvalue weighted by atomic mass is 10.2. The van der Waals surface area contributed by atoms with Crippen LogP contribution in [0.4, 0.5) is 0 Å². The monoisotopic (exact) mass is 455 g/mol. The SMILES string of the molecule is CN(C)C(=NCc1cc(Br)c2c(c1)OCO2)N(C)C.I. The van der Waals surface area contributed by atoms with Crippen molar-refractivity contribution in [3.05, 3.63) is 22.2 Å². The second kappa shape index (κ2) is 7.35. The first-order chi connectivity index (χ1) is 8.99. The van der Waals surface area contributed by atoms with E-state index in [0.29, 0.717) is 6.54 Å². The van der Waals surface area contributed by atoms with E-state index in [1.54, 1.807) is 0 Å². The topological polar surface area (TPSA) is 37.3 Å². The molecule has 0 aliphatic carbocycles. The predicted molar refractivity (Wildman–Crippen MR) is 94.2 cm³/mol. The molecule has 7 heteroatoms. The highest BCUT2D eigenvalue weighted by atomic mass is 127. The number of hydrogen-bond acceptors (Lipinski definition) is 3. The summed E-state index contributed by atoms with van der Waals surface area (Å²) >= 11 is 3.49. The summed E-state index contributed by atoms with van der Waals surface area (Å²) in [5.41, 5.74) is 1.08. The van der Waals surface area contributed by atoms with Crippen molar-refractivity contribution in [2.24, 2.45) is 4.99 Å². The Morgan fingerprint density at radius 2 is 1.85 bits per heavy atom. The Kier molecular flexibility index (Phi) is 6.38. The summed E-state index contributed by atoms with van der Waals surface area (Å²) in [7, 11) is 7.92. The van der Waals surface area contributed by atoms with E-state index in [-0.39, 0.29) is 30.8 Å². The molecular formula is C13H19BrIN3O2. The van der Waals surface area contributed by atoms with Gasteiger partial charge in [-0.2, -0.15) is 0 Å². The van der Waals surface area contributed by atoms with Crippen molar-refractivity contribution in [3.8, 4) is 11.5 Å². The van der Waals surface area contributed by atoms with Gasteiger partial charge in [0.15, 0.2) is 17.5 Å². The Bertz CT molecular complexity index is 497. The summed E-state index contributed by atoms with van der Waals surface area (Å²) in [5.74, 6) is 2.47. The van der Waals surface area contributed by atoms with E-state index in [4.69, 9.17) is 9.47 Å². The third-order valence-corrected chi connectivity index (χ3v) is 3.28. The van der Waals surface area contributed by atoms with Crippen molar-refractivity contribution in [1.82, 2.24) is 9.80 Å². The maximum atomic E-state index is 5.40. The molecule has 0 saturated carbocycles. The van der Waals surface area contributed by atoms with Gasteiger partial charge in [-0.05, 0) is 33.6 Å². The molecule has 0 aromatic heterocycles. The zero-order valence-corrected chi connectivity index (χ0v) is 15.9. The van der Waals surface area contributed by atoms with Crippen LogP contribution in [0.1, 0.15) is 5.56 Å². The lowest BCUT2D eigenvalue weighted by Gasteiger charge is -2.22. The Morgan fingerprint density at radius 1 is 1.20 bits per heavy atom. The second-order valence-corrected chi connectivity index (χ2v) is 5.57. The zero-order valence-electron chi connectivity index (χ0n) is 12.0. The minimum absolute atomic E-state index is 0. The summed E-state index contributed by atoms with van der Waals surface area (Å²) < 4.78 is 11.7. The minimum Gasteiger partial charge on any atom is -0.454 e. The lowest BCUT2D eigenvalue weighted by molar-refractivity contribution is 0.173. The molecule has 0 amide bonds. The van der Waals surface area contributed by atoms with Gasteiger partial charge in [-0.25, -0.2) is 4.99 Å². The molecule has 0 N–H and O–H groups in total. The van der Waals surface area contributed by atoms with Gasteiger partial charge in [-0.1, -0.05) is 0 Å². The maximum absolute atomic E-state index is 5.40. The van der Waals surface area contributed by atoms with Crippen LogP contribution in [-0.4, -0.2) is 50.7 Å². The van der Waals surface area contributed by atoms with E-state index in [1.165, 1.54) is 0 Å². The highest BCUT2D eigenvalue weighted by Gasteiger charge is 2.17. The van der Waals surface area contributed by atoms with Crippen LogP contribution >= 0.6 is 39.9 Å². The average molecular weight is 456 g/mol. The molecule has 0 fully saturated rings. The van der Waals surface area contributed by atoms with Gasteiger partial charge in [0, 0.05) is 28.2 Å². The van der Waals surface area contributed by atoms with Gasteiger partial charge in [-0.3, -0.25) is 0 Å². The van der Waals surface area contributed by atoms with E-state index >= 15 is 0 Å². The maximum Gasteiger partial charge on any atom is 0.231 e. The van der Waals surface area contributed by atoms with Crippen LogP contribution in [0.2, 0.25) is 0 Å². The molecule has 1 aliphatic heterocycles. The third kappa shape index (κ3) is 3.91. The van der Waals surface area contributed by atoms with Crippen LogP contribution in [0.5, 0.6) is 11.5 Å². The van der Waals surface area contributed by atoms with Crippen LogP contribution < -0.4 is 9.47 Å². The molecular weight excluding hydrogens is 437 g/mol. The molecule has 1 aliphatic rings. The van der Waals surface area contributed by atoms with Crippen molar-refractivity contribution >= 4 is 45.9 Å². The number of benzene rings is 1. The smallest absolute Gasteiger partial charge is 0.231 e. The third-order valence-electron chi connectivity index (χ3n) is 2.69. The summed E-state index contributed by atoms with van der Waals surface area (Å²) in [5, 5.41) is 0. The van der Waals surface area contributed by atoms with Crippen LogP contribution in [0.15, 0.2) is 21.6 Å². The van der Waals surface area contributed by atoms with E-state index in [2.05, 4.69) is 20.9 Å². The van der Waals surface area contributed by atoms with Crippen molar-refractivity contribution in [2.75, 3.05) is 35.0 Å². The molecule has 2 rings (SSSR count). The molecule has 5 nitrogen and oxygen atoms in total. The standard InChI is InChI=1S/C13H18BrN3O2.HI/c1-16(2)13(17(3)4)15-7-9-5-10(14)12-11(6-9)18-8-19-12;/h5-6H,7-8H2,1-4H3;1H. The summed E-state index contributed by atoms with van der Waals surface area (Å²) in [6, 6.07) is 3.99. The van der Waals surface area contributed by atoms with Crippen molar-refractivity contribution in [2.45, 2.75) is 6.54 Å². The van der Waals surface area contributed by atoms with E-state index in [9.17, 15) is 0 Å². The van der Waals surface area contributed by atoms with Gasteiger partial charge in [0.25, 0.3) is 0 Å². The Hall–Kier alpha value is -0.700. The minimum atomic E-state index is 0. The van der Waals surface area contributed by atoms with Crippen LogP contribution in [-0.2, 0) is 6.54 Å². The summed E-state index contributed by atoms with van der Waals surface area (Å²) in [4.78, 5) is 8.59. The Balaban J connectivity index is 0.00000200. The molecule has 0 saturated heterocycles. The Morgan fingerprint density at radius 3 is 2.45 bits per heavy atom. The molecule has 112 valence electrons. The van der Waals surface area contributed by atoms with E-state index in [0.717, 1.165) is 27.5 Å². The van der Waals surface area contributed by atoms with Crippen molar-refractivity contribution in [3.63, 3.8) is 0 Å². The molecule has 0 unspecified atom stereocenters. The summed E-state index contributed by atoms with van der Waals surface area (Å²) in [6.07, 6.45) is 0. The number of halogens is 2. The Labute approximate surface area is 145 Å². The van der Waals surface area contributed by atoms with Crippen molar-refractivity contribution < 1.29 is 9.47 Å². The first-order valence-corrected chi connectivity index (χ1v) is 6.75. The van der Waals surface area contributed by atoms with Gasteiger partial charge < -0.3 is 19.3 Å². The molecule has 0 radical (unpaired) electrons. The quantitative estimate of drug-likeness (QED) is 0.390. The van der Waals surface area contributed by atoms with Gasteiger partial charge in [-0.15, -0.1) is 24.0 Å². The van der Waals surface area contributed by atoms with Gasteiger partial charge >= 0.3 is 0 Å². The van der Waals surface area contributed by atoms with Crippen LogP contribution in [0.3, 0.4) is 0 Å². The van der Waals surface area contributed by atoms with Crippen LogP contribution in [0, 0.1) is 0 Å². The molecule has 1 aromatic carbocycles. The van der Waals surface area contributed by atoms with Crippen LogP contribution in [0.25, 0.3) is 0 Å². The molecule has 0 spiro atoms. The predicted octanol–water partition coefficient (Wildman–Crippen LogP) is 2.78.